The first-order chi connectivity index (χ1) is 33.5. The fourth-order valence-corrected chi connectivity index (χ4v) is 8.87. The normalized spacial score (nSPS) is 11.8. The minimum atomic E-state index is -4.64. The van der Waals surface area contributed by atoms with Crippen molar-refractivity contribution in [3.05, 3.63) is 221 Å². The third-order valence-electron chi connectivity index (χ3n) is 12.2. The summed E-state index contributed by atoms with van der Waals surface area (Å²) in [5.74, 6) is -3.71. The quantitative estimate of drug-likeness (QED) is 0.0865. The zero-order valence-electron chi connectivity index (χ0n) is 35.7. The molecular weight excluding hydrogens is 919 g/mol. The van der Waals surface area contributed by atoms with Gasteiger partial charge in [-0.3, -0.25) is 0 Å². The Morgan fingerprint density at radius 3 is 1.19 bits per heavy atom. The van der Waals surface area contributed by atoms with Gasteiger partial charge in [-0.15, -0.1) is 0 Å². The Labute approximate surface area is 391 Å². The summed E-state index contributed by atoms with van der Waals surface area (Å²) in [4.78, 5) is 6.39. The van der Waals surface area contributed by atoms with Gasteiger partial charge in [-0.2, -0.15) is 31.6 Å². The minimum Gasteiger partial charge on any atom is -0.307 e. The predicted octanol–water partition coefficient (Wildman–Crippen LogP) is 17.9. The molecule has 0 bridgehead atoms. The third-order valence-corrected chi connectivity index (χ3v) is 12.2. The monoisotopic (exact) mass is 946 g/mol. The summed E-state index contributed by atoms with van der Waals surface area (Å²) in [7, 11) is 0. The summed E-state index contributed by atoms with van der Waals surface area (Å²) in [5.41, 5.74) is -1.06. The molecule has 0 aromatic heterocycles. The molecule has 0 aliphatic heterocycles. The molecule has 70 heavy (non-hydrogen) atoms. The number of nitriles is 1. The number of benzene rings is 10. The number of rotatable bonds is 8. The largest absolute Gasteiger partial charge is 0.416 e. The van der Waals surface area contributed by atoms with Gasteiger partial charge in [0.15, 0.2) is 5.69 Å². The van der Waals surface area contributed by atoms with Gasteiger partial charge in [0.05, 0.1) is 52.1 Å². The first-order valence-electron chi connectivity index (χ1n) is 21.1. The molecule has 10 rings (SSSR count). The van der Waals surface area contributed by atoms with Crippen molar-refractivity contribution in [3.8, 4) is 28.3 Å². The van der Waals surface area contributed by atoms with E-state index in [1.54, 1.807) is 60.7 Å². The van der Waals surface area contributed by atoms with Crippen LogP contribution in [0.4, 0.5) is 83.7 Å². The summed E-state index contributed by atoms with van der Waals surface area (Å²) in [5, 5.41) is 13.4. The predicted molar refractivity (Wildman–Crippen MR) is 251 cm³/mol. The Kier molecular flexibility index (Phi) is 10.9. The van der Waals surface area contributed by atoms with Gasteiger partial charge in [-0.25, -0.2) is 22.4 Å². The average molecular weight is 947 g/mol. The summed E-state index contributed by atoms with van der Waals surface area (Å²) in [6, 6.07) is 39.6. The highest BCUT2D eigenvalue weighted by Crippen LogP contribution is 2.49. The van der Waals surface area contributed by atoms with Gasteiger partial charge < -0.3 is 9.80 Å². The van der Waals surface area contributed by atoms with Gasteiger partial charge in [0.1, 0.15) is 23.3 Å². The zero-order chi connectivity index (χ0) is 49.2. The molecule has 0 fully saturated rings. The summed E-state index contributed by atoms with van der Waals surface area (Å²) >= 11 is 0. The van der Waals surface area contributed by atoms with Gasteiger partial charge in [-0.05, 0) is 118 Å². The van der Waals surface area contributed by atoms with E-state index in [0.29, 0.717) is 55.1 Å². The lowest BCUT2D eigenvalue weighted by Gasteiger charge is -2.30. The molecule has 0 heterocycles. The maximum atomic E-state index is 16.7. The van der Waals surface area contributed by atoms with E-state index in [1.165, 1.54) is 34.1 Å². The van der Waals surface area contributed by atoms with Gasteiger partial charge in [0.25, 0.3) is 0 Å². The van der Waals surface area contributed by atoms with Crippen molar-refractivity contribution in [2.45, 2.75) is 12.4 Å². The van der Waals surface area contributed by atoms with E-state index >= 15 is 17.6 Å². The van der Waals surface area contributed by atoms with Crippen molar-refractivity contribution in [1.29, 1.82) is 5.26 Å². The van der Waals surface area contributed by atoms with E-state index < -0.39 is 46.7 Å². The van der Waals surface area contributed by atoms with Crippen LogP contribution >= 0.6 is 0 Å². The third kappa shape index (κ3) is 7.89. The lowest BCUT2D eigenvalue weighted by Crippen LogP contribution is -2.14. The van der Waals surface area contributed by atoms with Gasteiger partial charge >= 0.3 is 12.4 Å². The standard InChI is InChI=1S/C56H28F10N4/c1-68-38-16-20-40(21-17-38)70(52-29-46(58)44(27-48(52)60)33-6-14-37(15-7-33)56(64,65)66)50-25-11-35-8-22-41-49(24-10-34-9-23-42(50)54(35)53(34)41)69(39-18-2-31(30-67)3-19-39)51-28-45(57)43(26-47(51)59)32-4-12-36(13-5-32)55(61,62)63/h2-29H. The molecule has 0 unspecified atom stereocenters. The Morgan fingerprint density at radius 2 is 0.814 bits per heavy atom. The van der Waals surface area contributed by atoms with E-state index in [9.17, 15) is 31.6 Å². The Bertz CT molecular complexity index is 3490. The van der Waals surface area contributed by atoms with E-state index in [2.05, 4.69) is 4.85 Å². The molecule has 0 saturated carbocycles. The minimum absolute atomic E-state index is 0.00787. The summed E-state index contributed by atoms with van der Waals surface area (Å²) in [6.07, 6.45) is -9.29. The second-order valence-electron chi connectivity index (χ2n) is 16.3. The number of hydrogen-bond donors (Lipinski definition) is 0. The van der Waals surface area contributed by atoms with Crippen LogP contribution in [0.15, 0.2) is 170 Å². The lowest BCUT2D eigenvalue weighted by molar-refractivity contribution is -0.138. The lowest BCUT2D eigenvalue weighted by atomic mass is 9.91. The van der Waals surface area contributed by atoms with Crippen LogP contribution in [0.2, 0.25) is 0 Å². The van der Waals surface area contributed by atoms with Crippen molar-refractivity contribution < 1.29 is 43.9 Å². The molecule has 4 nitrogen and oxygen atoms in total. The van der Waals surface area contributed by atoms with E-state index in [4.69, 9.17) is 6.57 Å². The van der Waals surface area contributed by atoms with Crippen LogP contribution in [-0.2, 0) is 12.4 Å². The second-order valence-corrected chi connectivity index (χ2v) is 16.3. The van der Waals surface area contributed by atoms with Crippen LogP contribution in [0.1, 0.15) is 16.7 Å². The number of halogens is 10. The maximum Gasteiger partial charge on any atom is 0.416 e. The molecule has 0 aliphatic carbocycles. The first-order valence-corrected chi connectivity index (χ1v) is 21.1. The fourth-order valence-electron chi connectivity index (χ4n) is 8.87. The van der Waals surface area contributed by atoms with Crippen LogP contribution in [0.25, 0.3) is 59.4 Å². The fraction of sp³-hybridized carbons (Fsp3) is 0.0357. The molecule has 0 aliphatic rings. The van der Waals surface area contributed by atoms with Crippen molar-refractivity contribution in [2.24, 2.45) is 0 Å². The average Bonchev–Trinajstić information content (AvgIpc) is 3.35. The molecule has 0 amide bonds. The molecule has 0 radical (unpaired) electrons. The molecule has 10 aromatic carbocycles. The molecule has 10 aromatic rings. The summed E-state index contributed by atoms with van der Waals surface area (Å²) < 4.78 is 146. The Morgan fingerprint density at radius 1 is 0.429 bits per heavy atom. The van der Waals surface area contributed by atoms with Crippen LogP contribution in [-0.4, -0.2) is 0 Å². The SMILES string of the molecule is [C-]#[N+]c1ccc(N(c2cc(F)c(-c3ccc(C(F)(F)F)cc3)cc2F)c2ccc3ccc4c(N(c5ccc(C#N)cc5)c5cc(F)c(-c6ccc(C(F)(F)F)cc6)cc5F)ccc5ccc2c3c54)cc1. The van der Waals surface area contributed by atoms with E-state index in [-0.39, 0.29) is 44.9 Å². The zero-order valence-corrected chi connectivity index (χ0v) is 35.7. The van der Waals surface area contributed by atoms with Crippen molar-refractivity contribution in [2.75, 3.05) is 9.80 Å². The molecule has 14 heteroatoms. The smallest absolute Gasteiger partial charge is 0.307 e. The summed E-state index contributed by atoms with van der Waals surface area (Å²) in [6.45, 7) is 7.51. The Hall–Kier alpha value is -8.88. The van der Waals surface area contributed by atoms with E-state index in [0.717, 1.165) is 72.8 Å². The molecule has 0 N–H and O–H groups in total. The van der Waals surface area contributed by atoms with Gasteiger partial charge in [0, 0.05) is 45.4 Å². The van der Waals surface area contributed by atoms with Crippen LogP contribution in [0.5, 0.6) is 0 Å². The highest BCUT2D eigenvalue weighted by atomic mass is 19.4. The first kappa shape index (κ1) is 44.9. The highest BCUT2D eigenvalue weighted by molar-refractivity contribution is 6.28. The molecule has 0 saturated heterocycles. The number of anilines is 6. The topological polar surface area (TPSA) is 34.6 Å². The van der Waals surface area contributed by atoms with Crippen LogP contribution < -0.4 is 9.80 Å². The highest BCUT2D eigenvalue weighted by Gasteiger charge is 2.32. The Balaban J connectivity index is 1.16. The van der Waals surface area contributed by atoms with Gasteiger partial charge in [0.2, 0.25) is 0 Å². The van der Waals surface area contributed by atoms with E-state index in [1.807, 2.05) is 18.2 Å². The maximum absolute atomic E-state index is 16.7. The number of hydrogen-bond acceptors (Lipinski definition) is 3. The molecular formula is C56H28F10N4. The van der Waals surface area contributed by atoms with Gasteiger partial charge in [-0.1, -0.05) is 72.8 Å². The number of nitrogens with zero attached hydrogens (tertiary/aromatic N) is 4. The molecule has 342 valence electrons. The second kappa shape index (κ2) is 17.0. The number of alkyl halides is 6. The van der Waals surface area contributed by atoms with Crippen LogP contribution in [0.3, 0.4) is 0 Å². The van der Waals surface area contributed by atoms with Crippen molar-refractivity contribution >= 4 is 72.1 Å². The van der Waals surface area contributed by atoms with Crippen molar-refractivity contribution in [1.82, 2.24) is 0 Å². The van der Waals surface area contributed by atoms with Crippen LogP contribution in [0, 0.1) is 41.2 Å². The molecule has 0 atom stereocenters. The van der Waals surface area contributed by atoms with Crippen molar-refractivity contribution in [3.63, 3.8) is 0 Å². The molecule has 0 spiro atoms.